The molecule has 1 aromatic heterocycles. The Bertz CT molecular complexity index is 527. The van der Waals surface area contributed by atoms with Gasteiger partial charge in [-0.05, 0) is 39.3 Å². The molecule has 2 aliphatic heterocycles. The normalized spacial score (nSPS) is 19.7. The number of anilines is 1. The minimum Gasteiger partial charge on any atom is -0.368 e. The van der Waals surface area contributed by atoms with E-state index in [4.69, 9.17) is 0 Å². The maximum Gasteiger partial charge on any atom is 0.222 e. The Hall–Kier alpha value is -1.69. The number of likely N-dealkylation sites (tertiary alicyclic amines) is 1. The number of piperidine rings is 1. The van der Waals surface area contributed by atoms with Gasteiger partial charge in [0.2, 0.25) is 5.91 Å². The first-order valence-corrected chi connectivity index (χ1v) is 8.30. The Morgan fingerprint density at radius 1 is 1.36 bits per heavy atom. The molecule has 120 valence electrons. The van der Waals surface area contributed by atoms with E-state index in [0.717, 1.165) is 69.3 Å². The maximum absolute atomic E-state index is 11.6. The highest BCUT2D eigenvalue weighted by Gasteiger charge is 2.20. The summed E-state index contributed by atoms with van der Waals surface area (Å²) >= 11 is 0. The summed E-state index contributed by atoms with van der Waals surface area (Å²) in [6.07, 6.45) is 3.90. The van der Waals surface area contributed by atoms with Crippen molar-refractivity contribution in [2.24, 2.45) is 0 Å². The summed E-state index contributed by atoms with van der Waals surface area (Å²) in [4.78, 5) is 22.8. The molecule has 0 radical (unpaired) electrons. The van der Waals surface area contributed by atoms with Crippen molar-refractivity contribution in [1.29, 1.82) is 0 Å². The second-order valence-electron chi connectivity index (χ2n) is 6.19. The number of hydrogen-bond acceptors (Lipinski definition) is 5. The van der Waals surface area contributed by atoms with Crippen molar-refractivity contribution in [3.8, 4) is 0 Å². The molecule has 6 nitrogen and oxygen atoms in total. The third kappa shape index (κ3) is 3.74. The largest absolute Gasteiger partial charge is 0.368 e. The third-order valence-electron chi connectivity index (χ3n) is 4.44. The third-order valence-corrected chi connectivity index (χ3v) is 4.44. The fraction of sp³-hybridized carbons (Fsp3) is 0.688. The van der Waals surface area contributed by atoms with E-state index in [-0.39, 0.29) is 5.91 Å². The lowest BCUT2D eigenvalue weighted by molar-refractivity contribution is -0.127. The van der Waals surface area contributed by atoms with Crippen molar-refractivity contribution in [2.75, 3.05) is 38.0 Å². The van der Waals surface area contributed by atoms with Gasteiger partial charge in [-0.2, -0.15) is 0 Å². The van der Waals surface area contributed by atoms with Crippen LogP contribution in [0.1, 0.15) is 43.1 Å². The molecule has 0 unspecified atom stereocenters. The summed E-state index contributed by atoms with van der Waals surface area (Å²) in [5, 5.41) is 6.73. The molecule has 2 aliphatic rings. The van der Waals surface area contributed by atoms with E-state index >= 15 is 0 Å². The first-order valence-electron chi connectivity index (χ1n) is 8.30. The van der Waals surface area contributed by atoms with Crippen molar-refractivity contribution in [1.82, 2.24) is 20.2 Å². The smallest absolute Gasteiger partial charge is 0.222 e. The summed E-state index contributed by atoms with van der Waals surface area (Å²) in [6.45, 7) is 6.49. The van der Waals surface area contributed by atoms with Crippen LogP contribution in [0.2, 0.25) is 0 Å². The van der Waals surface area contributed by atoms with Crippen molar-refractivity contribution in [2.45, 2.75) is 38.5 Å². The number of rotatable bonds is 5. The summed E-state index contributed by atoms with van der Waals surface area (Å²) in [7, 11) is 0. The molecule has 6 heteroatoms. The topological polar surface area (TPSA) is 70.2 Å². The van der Waals surface area contributed by atoms with Gasteiger partial charge in [-0.25, -0.2) is 9.97 Å². The second-order valence-corrected chi connectivity index (χ2v) is 6.19. The highest BCUT2D eigenvalue weighted by molar-refractivity contribution is 5.78. The van der Waals surface area contributed by atoms with Gasteiger partial charge in [0.1, 0.15) is 11.6 Å². The average Bonchev–Trinajstić information content (AvgIpc) is 2.93. The van der Waals surface area contributed by atoms with E-state index < -0.39 is 0 Å². The van der Waals surface area contributed by atoms with Crippen LogP contribution in [-0.4, -0.2) is 53.5 Å². The zero-order chi connectivity index (χ0) is 15.4. The molecule has 0 atom stereocenters. The van der Waals surface area contributed by atoms with Crippen LogP contribution in [0.5, 0.6) is 0 Å². The lowest BCUT2D eigenvalue weighted by atomic mass is 9.97. The van der Waals surface area contributed by atoms with Crippen molar-refractivity contribution in [3.05, 3.63) is 17.6 Å². The molecule has 22 heavy (non-hydrogen) atoms. The number of hydrogen-bond donors (Lipinski definition) is 2. The van der Waals surface area contributed by atoms with Crippen LogP contribution in [0.4, 0.5) is 5.82 Å². The Morgan fingerprint density at radius 2 is 2.18 bits per heavy atom. The first kappa shape index (κ1) is 15.2. The number of aromatic nitrogens is 2. The van der Waals surface area contributed by atoms with Crippen LogP contribution >= 0.6 is 0 Å². The van der Waals surface area contributed by atoms with Crippen molar-refractivity contribution in [3.63, 3.8) is 0 Å². The molecule has 0 aliphatic carbocycles. The monoisotopic (exact) mass is 303 g/mol. The fourth-order valence-corrected chi connectivity index (χ4v) is 3.20. The zero-order valence-corrected chi connectivity index (χ0v) is 13.3. The Balaban J connectivity index is 1.58. The van der Waals surface area contributed by atoms with Crippen molar-refractivity contribution >= 4 is 11.7 Å². The van der Waals surface area contributed by atoms with Gasteiger partial charge in [0, 0.05) is 43.7 Å². The minimum absolute atomic E-state index is 0.274. The summed E-state index contributed by atoms with van der Waals surface area (Å²) in [5.41, 5.74) is 1.00. The molecule has 2 N–H and O–H groups in total. The van der Waals surface area contributed by atoms with Crippen LogP contribution in [0.25, 0.3) is 0 Å². The van der Waals surface area contributed by atoms with E-state index in [2.05, 4.69) is 20.6 Å². The van der Waals surface area contributed by atoms with Gasteiger partial charge in [0.25, 0.3) is 0 Å². The number of aryl methyl sites for hydroxylation is 1. The van der Waals surface area contributed by atoms with Gasteiger partial charge in [-0.1, -0.05) is 0 Å². The Morgan fingerprint density at radius 3 is 2.91 bits per heavy atom. The van der Waals surface area contributed by atoms with Crippen LogP contribution < -0.4 is 10.6 Å². The fourth-order valence-electron chi connectivity index (χ4n) is 3.20. The van der Waals surface area contributed by atoms with Crippen LogP contribution in [-0.2, 0) is 4.79 Å². The Labute approximate surface area is 131 Å². The van der Waals surface area contributed by atoms with Gasteiger partial charge in [0.05, 0.1) is 0 Å². The highest BCUT2D eigenvalue weighted by atomic mass is 16.2. The predicted molar refractivity (Wildman–Crippen MR) is 85.9 cm³/mol. The van der Waals surface area contributed by atoms with Gasteiger partial charge < -0.3 is 15.5 Å². The molecule has 0 bridgehead atoms. The van der Waals surface area contributed by atoms with E-state index in [0.29, 0.717) is 12.3 Å². The predicted octanol–water partition coefficient (Wildman–Crippen LogP) is 1.29. The minimum atomic E-state index is 0.274. The van der Waals surface area contributed by atoms with Gasteiger partial charge in [0.15, 0.2) is 0 Å². The van der Waals surface area contributed by atoms with Gasteiger partial charge in [-0.3, -0.25) is 4.79 Å². The van der Waals surface area contributed by atoms with E-state index in [1.54, 1.807) is 0 Å². The van der Waals surface area contributed by atoms with E-state index in [9.17, 15) is 4.79 Å². The molecule has 2 saturated heterocycles. The summed E-state index contributed by atoms with van der Waals surface area (Å²) in [6, 6.07) is 1.98. The van der Waals surface area contributed by atoms with Gasteiger partial charge in [-0.15, -0.1) is 0 Å². The number of nitrogens with zero attached hydrogens (tertiary/aromatic N) is 3. The molecule has 3 rings (SSSR count). The average molecular weight is 303 g/mol. The second kappa shape index (κ2) is 7.05. The molecular weight excluding hydrogens is 278 g/mol. The molecule has 0 aromatic carbocycles. The van der Waals surface area contributed by atoms with Gasteiger partial charge >= 0.3 is 0 Å². The molecule has 0 spiro atoms. The zero-order valence-electron chi connectivity index (χ0n) is 13.3. The molecule has 1 amide bonds. The lowest BCUT2D eigenvalue weighted by Gasteiger charge is -2.22. The highest BCUT2D eigenvalue weighted by Crippen LogP contribution is 2.23. The SMILES string of the molecule is Cc1cc(NCCN2CCCC2=O)nc(C2CCNCC2)n1. The van der Waals surface area contributed by atoms with E-state index in [1.807, 2.05) is 17.9 Å². The van der Waals surface area contributed by atoms with Crippen molar-refractivity contribution < 1.29 is 4.79 Å². The number of carbonyl (C=O) groups excluding carboxylic acids is 1. The van der Waals surface area contributed by atoms with Crippen LogP contribution in [0.15, 0.2) is 6.07 Å². The van der Waals surface area contributed by atoms with E-state index in [1.165, 1.54) is 0 Å². The first-order chi connectivity index (χ1) is 10.7. The molecular formula is C16H25N5O. The molecule has 3 heterocycles. The lowest BCUT2D eigenvalue weighted by Crippen LogP contribution is -2.30. The number of amides is 1. The quantitative estimate of drug-likeness (QED) is 0.857. The van der Waals surface area contributed by atoms with Crippen LogP contribution in [0.3, 0.4) is 0 Å². The number of nitrogens with one attached hydrogen (secondary N) is 2. The summed E-state index contributed by atoms with van der Waals surface area (Å²) < 4.78 is 0. The standard InChI is InChI=1S/C16H25N5O/c1-12-11-14(18-8-10-21-9-2-3-15(21)22)20-16(19-12)13-4-6-17-7-5-13/h11,13,17H,2-10H2,1H3,(H,18,19,20). The molecule has 1 aromatic rings. The number of carbonyl (C=O) groups is 1. The maximum atomic E-state index is 11.6. The molecule has 0 saturated carbocycles. The Kier molecular flexibility index (Phi) is 4.87. The molecule has 2 fully saturated rings. The van der Waals surface area contributed by atoms with Crippen LogP contribution in [0, 0.1) is 6.92 Å². The summed E-state index contributed by atoms with van der Waals surface area (Å²) in [5.74, 6) is 2.58.